The van der Waals surface area contributed by atoms with Crippen LogP contribution in [0.5, 0.6) is 0 Å². The Morgan fingerprint density at radius 2 is 2.14 bits per heavy atom. The summed E-state index contributed by atoms with van der Waals surface area (Å²) >= 11 is 0. The van der Waals surface area contributed by atoms with Gasteiger partial charge in [0, 0.05) is 44.0 Å². The molecule has 0 radical (unpaired) electrons. The summed E-state index contributed by atoms with van der Waals surface area (Å²) in [4.78, 5) is 22.5. The molecule has 0 saturated heterocycles. The van der Waals surface area contributed by atoms with Crippen LogP contribution >= 0.6 is 0 Å². The van der Waals surface area contributed by atoms with E-state index in [1.54, 1.807) is 6.20 Å². The van der Waals surface area contributed by atoms with Gasteiger partial charge in [-0.1, -0.05) is 0 Å². The predicted octanol–water partition coefficient (Wildman–Crippen LogP) is 3.17. The molecule has 3 N–H and O–H groups in total. The summed E-state index contributed by atoms with van der Waals surface area (Å²) in [6.45, 7) is 6.75. The summed E-state index contributed by atoms with van der Waals surface area (Å²) in [6.07, 6.45) is 4.53. The molecule has 3 rings (SSSR count). The van der Waals surface area contributed by atoms with Gasteiger partial charge < -0.3 is 20.3 Å². The van der Waals surface area contributed by atoms with E-state index < -0.39 is 11.7 Å². The first-order valence-corrected chi connectivity index (χ1v) is 9.63. The van der Waals surface area contributed by atoms with Crippen molar-refractivity contribution < 1.29 is 9.53 Å². The summed E-state index contributed by atoms with van der Waals surface area (Å²) in [5, 5.41) is 13.3. The summed E-state index contributed by atoms with van der Waals surface area (Å²) in [5.74, 6) is 2.69. The number of anilines is 3. The van der Waals surface area contributed by atoms with Gasteiger partial charge in [-0.2, -0.15) is 10.1 Å². The SMILES string of the molecule is CN(CCCNC(=O)OC(C)(C)C)c1nccc(Nc2cc(C3CC3)[nH]n2)n1. The molecule has 152 valence electrons. The Morgan fingerprint density at radius 1 is 1.36 bits per heavy atom. The Morgan fingerprint density at radius 3 is 2.86 bits per heavy atom. The fourth-order valence-corrected chi connectivity index (χ4v) is 2.66. The van der Waals surface area contributed by atoms with Gasteiger partial charge in [-0.3, -0.25) is 5.10 Å². The van der Waals surface area contributed by atoms with E-state index in [1.807, 2.05) is 44.9 Å². The monoisotopic (exact) mass is 387 g/mol. The molecule has 0 spiro atoms. The van der Waals surface area contributed by atoms with E-state index >= 15 is 0 Å². The highest BCUT2D eigenvalue weighted by Crippen LogP contribution is 2.39. The van der Waals surface area contributed by atoms with Crippen LogP contribution in [0.2, 0.25) is 0 Å². The average molecular weight is 387 g/mol. The number of nitrogens with one attached hydrogen (secondary N) is 3. The van der Waals surface area contributed by atoms with Gasteiger partial charge in [-0.05, 0) is 46.1 Å². The van der Waals surface area contributed by atoms with E-state index in [0.29, 0.717) is 30.8 Å². The topological polar surface area (TPSA) is 108 Å². The molecule has 1 fully saturated rings. The maximum Gasteiger partial charge on any atom is 0.407 e. The van der Waals surface area contributed by atoms with Crippen molar-refractivity contribution in [2.24, 2.45) is 0 Å². The zero-order chi connectivity index (χ0) is 20.1. The smallest absolute Gasteiger partial charge is 0.407 e. The Hall–Kier alpha value is -2.84. The lowest BCUT2D eigenvalue weighted by molar-refractivity contribution is 0.0527. The summed E-state index contributed by atoms with van der Waals surface area (Å²) in [6, 6.07) is 3.85. The van der Waals surface area contributed by atoms with Crippen LogP contribution in [0.25, 0.3) is 0 Å². The minimum atomic E-state index is -0.490. The molecule has 9 nitrogen and oxygen atoms in total. The van der Waals surface area contributed by atoms with Gasteiger partial charge in [0.05, 0.1) is 0 Å². The predicted molar refractivity (Wildman–Crippen MR) is 108 cm³/mol. The van der Waals surface area contributed by atoms with Crippen molar-refractivity contribution in [2.45, 2.75) is 51.6 Å². The largest absolute Gasteiger partial charge is 0.444 e. The van der Waals surface area contributed by atoms with Crippen LogP contribution < -0.4 is 15.5 Å². The van der Waals surface area contributed by atoms with Crippen LogP contribution in [-0.2, 0) is 4.74 Å². The van der Waals surface area contributed by atoms with E-state index in [9.17, 15) is 4.79 Å². The second-order valence-corrected chi connectivity index (χ2v) is 8.05. The number of H-pyrrole nitrogens is 1. The number of nitrogens with zero attached hydrogens (tertiary/aromatic N) is 4. The van der Waals surface area contributed by atoms with Crippen molar-refractivity contribution in [3.05, 3.63) is 24.0 Å². The molecular weight excluding hydrogens is 358 g/mol. The van der Waals surface area contributed by atoms with E-state index in [0.717, 1.165) is 12.2 Å². The van der Waals surface area contributed by atoms with Crippen molar-refractivity contribution in [1.29, 1.82) is 0 Å². The molecule has 2 aromatic heterocycles. The molecule has 0 atom stereocenters. The molecule has 1 amide bonds. The Balaban J connectivity index is 1.45. The summed E-state index contributed by atoms with van der Waals surface area (Å²) < 4.78 is 5.22. The lowest BCUT2D eigenvalue weighted by Crippen LogP contribution is -2.34. The average Bonchev–Trinajstić information content (AvgIpc) is 3.37. The number of carbonyl (C=O) groups is 1. The molecule has 0 bridgehead atoms. The number of aromatic amines is 1. The lowest BCUT2D eigenvalue weighted by atomic mass is 10.2. The summed E-state index contributed by atoms with van der Waals surface area (Å²) in [7, 11) is 1.92. The molecule has 0 unspecified atom stereocenters. The molecule has 9 heteroatoms. The Bertz CT molecular complexity index is 796. The first-order valence-electron chi connectivity index (χ1n) is 9.63. The van der Waals surface area contributed by atoms with E-state index in [4.69, 9.17) is 4.74 Å². The van der Waals surface area contributed by atoms with Gasteiger partial charge in [0.2, 0.25) is 5.95 Å². The first-order chi connectivity index (χ1) is 13.3. The summed E-state index contributed by atoms with van der Waals surface area (Å²) in [5.41, 5.74) is 0.682. The van der Waals surface area contributed by atoms with Crippen molar-refractivity contribution >= 4 is 23.7 Å². The number of ether oxygens (including phenoxy) is 1. The third-order valence-corrected chi connectivity index (χ3v) is 4.19. The molecule has 2 aromatic rings. The molecule has 1 aliphatic rings. The number of amides is 1. The van der Waals surface area contributed by atoms with Crippen LogP contribution in [0.4, 0.5) is 22.4 Å². The van der Waals surface area contributed by atoms with E-state index in [-0.39, 0.29) is 0 Å². The number of aromatic nitrogens is 4. The zero-order valence-electron chi connectivity index (χ0n) is 17.0. The van der Waals surface area contributed by atoms with Crippen LogP contribution in [0, 0.1) is 0 Å². The van der Waals surface area contributed by atoms with Crippen molar-refractivity contribution in [1.82, 2.24) is 25.5 Å². The Kier molecular flexibility index (Phi) is 6.01. The number of hydrogen-bond donors (Lipinski definition) is 3. The third-order valence-electron chi connectivity index (χ3n) is 4.19. The highest BCUT2D eigenvalue weighted by atomic mass is 16.6. The quantitative estimate of drug-likeness (QED) is 0.597. The normalized spacial score (nSPS) is 13.9. The molecule has 0 aliphatic heterocycles. The standard InChI is InChI=1S/C19H29N7O2/c1-19(2,3)28-18(27)21-9-5-11-26(4)17-20-10-8-15(23-17)22-16-12-14(24-25-16)13-6-7-13/h8,10,12-13H,5-7,9,11H2,1-4H3,(H,21,27)(H2,20,22,23,24,25). The number of hydrogen-bond acceptors (Lipinski definition) is 7. The highest BCUT2D eigenvalue weighted by Gasteiger charge is 2.25. The Labute approximate surface area is 165 Å². The number of carbonyl (C=O) groups excluding carboxylic acids is 1. The first kappa shape index (κ1) is 19.9. The maximum atomic E-state index is 11.7. The van der Waals surface area contributed by atoms with Crippen LogP contribution in [-0.4, -0.2) is 52.0 Å². The van der Waals surface area contributed by atoms with Crippen LogP contribution in [0.1, 0.15) is 51.6 Å². The highest BCUT2D eigenvalue weighted by molar-refractivity contribution is 5.67. The van der Waals surface area contributed by atoms with Crippen LogP contribution in [0.15, 0.2) is 18.3 Å². The van der Waals surface area contributed by atoms with E-state index in [1.165, 1.54) is 18.5 Å². The molecule has 2 heterocycles. The minimum absolute atomic E-state index is 0.401. The van der Waals surface area contributed by atoms with Gasteiger partial charge >= 0.3 is 6.09 Å². The lowest BCUT2D eigenvalue weighted by Gasteiger charge is -2.20. The second-order valence-electron chi connectivity index (χ2n) is 8.05. The van der Waals surface area contributed by atoms with E-state index in [2.05, 4.69) is 30.8 Å². The van der Waals surface area contributed by atoms with Crippen molar-refractivity contribution in [3.8, 4) is 0 Å². The van der Waals surface area contributed by atoms with Gasteiger partial charge in [0.15, 0.2) is 5.82 Å². The van der Waals surface area contributed by atoms with Crippen LogP contribution in [0.3, 0.4) is 0 Å². The molecule has 1 saturated carbocycles. The zero-order valence-corrected chi connectivity index (χ0v) is 17.0. The third kappa shape index (κ3) is 6.11. The number of rotatable bonds is 8. The van der Waals surface area contributed by atoms with Crippen molar-refractivity contribution in [3.63, 3.8) is 0 Å². The molecule has 0 aromatic carbocycles. The van der Waals surface area contributed by atoms with Gasteiger partial charge in [0.1, 0.15) is 11.4 Å². The van der Waals surface area contributed by atoms with Gasteiger partial charge in [-0.15, -0.1) is 0 Å². The van der Waals surface area contributed by atoms with Gasteiger partial charge in [0.25, 0.3) is 0 Å². The maximum absolute atomic E-state index is 11.7. The molecule has 1 aliphatic carbocycles. The fraction of sp³-hybridized carbons (Fsp3) is 0.579. The molecule has 28 heavy (non-hydrogen) atoms. The van der Waals surface area contributed by atoms with Gasteiger partial charge in [-0.25, -0.2) is 9.78 Å². The minimum Gasteiger partial charge on any atom is -0.444 e. The fourth-order valence-electron chi connectivity index (χ4n) is 2.66. The molecular formula is C19H29N7O2. The van der Waals surface area contributed by atoms with Crippen molar-refractivity contribution in [2.75, 3.05) is 30.4 Å². The second kappa shape index (κ2) is 8.45. The number of alkyl carbamates (subject to hydrolysis) is 1.